The van der Waals surface area contributed by atoms with Gasteiger partial charge < -0.3 is 15.3 Å². The highest BCUT2D eigenvalue weighted by Gasteiger charge is 2.40. The molecule has 2 aromatic carbocycles. The van der Waals surface area contributed by atoms with Gasteiger partial charge in [0.25, 0.3) is 0 Å². The molecular formula is C31H37N5O5S. The average molecular weight is 592 g/mol. The number of aromatic nitrogens is 2. The molecule has 2 N–H and O–H groups in total. The zero-order chi connectivity index (χ0) is 29.7. The van der Waals surface area contributed by atoms with Gasteiger partial charge in [-0.25, -0.2) is 23.2 Å². The number of piperazine rings is 1. The van der Waals surface area contributed by atoms with E-state index in [0.717, 1.165) is 62.3 Å². The number of carbonyl (C=O) groups is 2. The SMILES string of the molecule is CCCc1ccc(CNC(=O)[C@H]2CN(c3cnc(C(=O)O)cn3)CCN2S(=O)(=O)c2ccc3c(c2)CCCCC3)cc1. The van der Waals surface area contributed by atoms with Gasteiger partial charge in [-0.05, 0) is 66.5 Å². The van der Waals surface area contributed by atoms with Crippen molar-refractivity contribution in [3.05, 3.63) is 82.8 Å². The highest BCUT2D eigenvalue weighted by Crippen LogP contribution is 2.28. The molecular weight excluding hydrogens is 554 g/mol. The molecule has 0 saturated carbocycles. The minimum Gasteiger partial charge on any atom is -0.476 e. The largest absolute Gasteiger partial charge is 0.476 e. The summed E-state index contributed by atoms with van der Waals surface area (Å²) in [6.45, 7) is 2.77. The van der Waals surface area contributed by atoms with Gasteiger partial charge in [0, 0.05) is 26.2 Å². The Labute approximate surface area is 246 Å². The van der Waals surface area contributed by atoms with Crippen LogP contribution in [-0.2, 0) is 40.6 Å². The van der Waals surface area contributed by atoms with Crippen LogP contribution < -0.4 is 10.2 Å². The van der Waals surface area contributed by atoms with Crippen molar-refractivity contribution in [2.45, 2.75) is 69.4 Å². The van der Waals surface area contributed by atoms with Crippen molar-refractivity contribution < 1.29 is 23.1 Å². The second-order valence-corrected chi connectivity index (χ2v) is 12.8. The van der Waals surface area contributed by atoms with Gasteiger partial charge in [-0.3, -0.25) is 4.79 Å². The Hall–Kier alpha value is -3.83. The summed E-state index contributed by atoms with van der Waals surface area (Å²) in [7, 11) is -3.99. The first kappa shape index (κ1) is 29.7. The summed E-state index contributed by atoms with van der Waals surface area (Å²) in [4.78, 5) is 35.0. The number of anilines is 1. The van der Waals surface area contributed by atoms with Gasteiger partial charge in [-0.2, -0.15) is 4.31 Å². The Morgan fingerprint density at radius 2 is 1.69 bits per heavy atom. The van der Waals surface area contributed by atoms with Gasteiger partial charge in [0.1, 0.15) is 11.9 Å². The van der Waals surface area contributed by atoms with Crippen molar-refractivity contribution in [2.75, 3.05) is 24.5 Å². The second kappa shape index (κ2) is 13.0. The van der Waals surface area contributed by atoms with Crippen LogP contribution in [0.15, 0.2) is 59.8 Å². The van der Waals surface area contributed by atoms with Crippen molar-refractivity contribution in [1.82, 2.24) is 19.6 Å². The maximum Gasteiger partial charge on any atom is 0.356 e. The van der Waals surface area contributed by atoms with Crippen molar-refractivity contribution in [1.29, 1.82) is 0 Å². The number of carbonyl (C=O) groups excluding carboxylic acids is 1. The molecule has 11 heteroatoms. The van der Waals surface area contributed by atoms with Crippen LogP contribution >= 0.6 is 0 Å². The fourth-order valence-electron chi connectivity index (χ4n) is 5.67. The fraction of sp³-hybridized carbons (Fsp3) is 0.419. The number of rotatable bonds is 9. The van der Waals surface area contributed by atoms with E-state index in [1.54, 1.807) is 17.0 Å². The van der Waals surface area contributed by atoms with Gasteiger partial charge in [0.2, 0.25) is 15.9 Å². The summed E-state index contributed by atoms with van der Waals surface area (Å²) in [5.74, 6) is -1.22. The molecule has 2 aliphatic rings. The van der Waals surface area contributed by atoms with E-state index in [-0.39, 0.29) is 36.8 Å². The summed E-state index contributed by atoms with van der Waals surface area (Å²) in [6.07, 6.45) is 9.57. The highest BCUT2D eigenvalue weighted by molar-refractivity contribution is 7.89. The summed E-state index contributed by atoms with van der Waals surface area (Å²) in [5, 5.41) is 12.1. The first-order chi connectivity index (χ1) is 20.3. The molecule has 42 heavy (non-hydrogen) atoms. The monoisotopic (exact) mass is 591 g/mol. The van der Waals surface area contributed by atoms with Crippen molar-refractivity contribution >= 4 is 27.7 Å². The zero-order valence-electron chi connectivity index (χ0n) is 23.8. The van der Waals surface area contributed by atoms with Gasteiger partial charge in [-0.15, -0.1) is 0 Å². The number of hydrogen-bond acceptors (Lipinski definition) is 7. The lowest BCUT2D eigenvalue weighted by molar-refractivity contribution is -0.125. The molecule has 0 bridgehead atoms. The van der Waals surface area contributed by atoms with Crippen LogP contribution in [0.4, 0.5) is 5.82 Å². The molecule has 1 aliphatic carbocycles. The van der Waals surface area contributed by atoms with E-state index < -0.39 is 27.9 Å². The van der Waals surface area contributed by atoms with E-state index in [2.05, 4.69) is 22.2 Å². The standard InChI is InChI=1S/C31H37N5O5S/c1-2-6-22-9-11-23(12-10-22)18-34-30(37)28-21-35(29-20-32-27(19-33-29)31(38)39)15-16-36(28)42(40,41)26-14-13-24-7-4-3-5-8-25(24)17-26/h9-14,17,19-20,28H,2-8,15-16,18,21H2,1H3,(H,34,37)(H,38,39)/t28-/m1/s1. The van der Waals surface area contributed by atoms with Crippen molar-refractivity contribution in [2.24, 2.45) is 0 Å². The molecule has 0 unspecified atom stereocenters. The molecule has 0 radical (unpaired) electrons. The van der Waals surface area contributed by atoms with Crippen LogP contribution in [0, 0.1) is 0 Å². The Bertz CT molecular complexity index is 1530. The van der Waals surface area contributed by atoms with E-state index >= 15 is 0 Å². The molecule has 222 valence electrons. The number of benzene rings is 2. The molecule has 1 saturated heterocycles. The number of amides is 1. The van der Waals surface area contributed by atoms with Gasteiger partial charge in [0.05, 0.1) is 17.3 Å². The quantitative estimate of drug-likeness (QED) is 0.361. The molecule has 1 fully saturated rings. The third-order valence-electron chi connectivity index (χ3n) is 8.02. The number of nitrogens with one attached hydrogen (secondary N) is 1. The van der Waals surface area contributed by atoms with E-state index in [1.165, 1.54) is 21.6 Å². The lowest BCUT2D eigenvalue weighted by atomic mass is 10.0. The van der Waals surface area contributed by atoms with Crippen LogP contribution in [0.3, 0.4) is 0 Å². The Morgan fingerprint density at radius 1 is 0.952 bits per heavy atom. The smallest absolute Gasteiger partial charge is 0.356 e. The summed E-state index contributed by atoms with van der Waals surface area (Å²) < 4.78 is 29.4. The van der Waals surface area contributed by atoms with Gasteiger partial charge in [0.15, 0.2) is 5.69 Å². The third kappa shape index (κ3) is 6.63. The van der Waals surface area contributed by atoms with Gasteiger partial charge >= 0.3 is 5.97 Å². The predicted octanol–water partition coefficient (Wildman–Crippen LogP) is 3.59. The maximum absolute atomic E-state index is 14.0. The third-order valence-corrected chi connectivity index (χ3v) is 9.92. The van der Waals surface area contributed by atoms with E-state index in [4.69, 9.17) is 0 Å². The lowest BCUT2D eigenvalue weighted by Crippen LogP contribution is -2.60. The van der Waals surface area contributed by atoms with Crippen LogP contribution in [0.1, 0.15) is 65.3 Å². The molecule has 3 aromatic rings. The van der Waals surface area contributed by atoms with Crippen molar-refractivity contribution in [3.63, 3.8) is 0 Å². The van der Waals surface area contributed by atoms with Gasteiger partial charge in [-0.1, -0.05) is 50.1 Å². The number of aromatic carboxylic acids is 1. The Morgan fingerprint density at radius 3 is 2.38 bits per heavy atom. The minimum atomic E-state index is -3.99. The van der Waals surface area contributed by atoms with Crippen LogP contribution in [0.2, 0.25) is 0 Å². The van der Waals surface area contributed by atoms with Crippen LogP contribution in [0.5, 0.6) is 0 Å². The number of fused-ring (bicyclic) bond motifs is 1. The maximum atomic E-state index is 14.0. The molecule has 0 spiro atoms. The second-order valence-electron chi connectivity index (χ2n) is 10.9. The zero-order valence-corrected chi connectivity index (χ0v) is 24.6. The van der Waals surface area contributed by atoms with Crippen molar-refractivity contribution in [3.8, 4) is 0 Å². The van der Waals surface area contributed by atoms with Crippen LogP contribution in [-0.4, -0.2) is 65.4 Å². The Kier molecular flexibility index (Phi) is 9.18. The number of nitrogens with zero attached hydrogens (tertiary/aromatic N) is 4. The number of carboxylic acids is 1. The molecule has 10 nitrogen and oxygen atoms in total. The number of hydrogen-bond donors (Lipinski definition) is 2. The molecule has 1 aromatic heterocycles. The van der Waals surface area contributed by atoms with E-state index in [1.807, 2.05) is 30.3 Å². The molecule has 5 rings (SSSR count). The number of aryl methyl sites for hydroxylation is 3. The Balaban J connectivity index is 1.40. The minimum absolute atomic E-state index is 0.0482. The lowest BCUT2D eigenvalue weighted by Gasteiger charge is -2.40. The summed E-state index contributed by atoms with van der Waals surface area (Å²) >= 11 is 0. The molecule has 2 heterocycles. The molecule has 1 aliphatic heterocycles. The van der Waals surface area contributed by atoms with E-state index in [0.29, 0.717) is 5.82 Å². The topological polar surface area (TPSA) is 133 Å². The highest BCUT2D eigenvalue weighted by atomic mass is 32.2. The first-order valence-corrected chi connectivity index (χ1v) is 16.0. The molecule has 1 atom stereocenters. The molecule has 1 amide bonds. The summed E-state index contributed by atoms with van der Waals surface area (Å²) in [6, 6.07) is 12.4. The van der Waals surface area contributed by atoms with Crippen LogP contribution in [0.25, 0.3) is 0 Å². The fourth-order valence-corrected chi connectivity index (χ4v) is 7.29. The van der Waals surface area contributed by atoms with E-state index in [9.17, 15) is 23.1 Å². The normalized spacial score (nSPS) is 17.7. The first-order valence-electron chi connectivity index (χ1n) is 14.6. The average Bonchev–Trinajstić information content (AvgIpc) is 3.25. The number of carboxylic acid groups (broad SMARTS) is 1. The predicted molar refractivity (Wildman–Crippen MR) is 159 cm³/mol. The summed E-state index contributed by atoms with van der Waals surface area (Å²) in [5.41, 5.74) is 4.21. The number of sulfonamides is 1.